The Kier molecular flexibility index (Phi) is 12.3. The van der Waals surface area contributed by atoms with Crippen LogP contribution in [0.5, 0.6) is 0 Å². The maximum atomic E-state index is 13.9. The second-order valence-electron chi connectivity index (χ2n) is 10.8. The number of carbonyl (C=O) groups is 2. The van der Waals surface area contributed by atoms with Gasteiger partial charge in [-0.25, -0.2) is 8.42 Å². The lowest BCUT2D eigenvalue weighted by molar-refractivity contribution is -0.141. The predicted molar refractivity (Wildman–Crippen MR) is 171 cm³/mol. The molecule has 1 atom stereocenters. The molecule has 0 bridgehead atoms. The fourth-order valence-electron chi connectivity index (χ4n) is 4.64. The van der Waals surface area contributed by atoms with E-state index in [1.54, 1.807) is 35.2 Å². The largest absolute Gasteiger partial charge is 0.354 e. The third kappa shape index (κ3) is 9.75. The fraction of sp³-hybridized carbons (Fsp3) is 0.375. The minimum Gasteiger partial charge on any atom is -0.354 e. The summed E-state index contributed by atoms with van der Waals surface area (Å²) in [5, 5.41) is 3.75. The van der Waals surface area contributed by atoms with Gasteiger partial charge in [-0.1, -0.05) is 91.6 Å². The molecule has 0 heterocycles. The normalized spacial score (nSPS) is 12.2. The van der Waals surface area contributed by atoms with Crippen molar-refractivity contribution < 1.29 is 18.0 Å². The first-order valence-corrected chi connectivity index (χ1v) is 16.6. The van der Waals surface area contributed by atoms with Crippen LogP contribution in [0.15, 0.2) is 72.8 Å². The summed E-state index contributed by atoms with van der Waals surface area (Å²) in [7, 11) is -3.58. The molecule has 1 N–H and O–H groups in total. The van der Waals surface area contributed by atoms with Gasteiger partial charge >= 0.3 is 0 Å². The lowest BCUT2D eigenvalue weighted by Crippen LogP contribution is -2.51. The van der Waals surface area contributed by atoms with Gasteiger partial charge in [-0.15, -0.1) is 0 Å². The van der Waals surface area contributed by atoms with Crippen LogP contribution in [-0.4, -0.2) is 50.5 Å². The standard InChI is InChI=1S/C32H39Cl2N3O4S/c1-23(2)21-35-32(39)30(20-25-12-6-5-7-13-25)36(22-26-16-17-27(33)28(34)19-26)31(38)15-10-18-37(42(4,40)41)29-14-9-8-11-24(29)3/h5-9,11-14,16-17,19,23,30H,10,15,18,20-22H2,1-4H3,(H,35,39)/t30-/m1/s1. The van der Waals surface area contributed by atoms with Crippen molar-refractivity contribution in [3.05, 3.63) is 99.5 Å². The van der Waals surface area contributed by atoms with Crippen LogP contribution in [-0.2, 0) is 32.6 Å². The zero-order valence-corrected chi connectivity index (χ0v) is 26.8. The molecule has 0 aliphatic heterocycles. The lowest BCUT2D eigenvalue weighted by Gasteiger charge is -2.32. The van der Waals surface area contributed by atoms with Crippen LogP contribution in [0.1, 0.15) is 43.4 Å². The molecule has 0 aromatic heterocycles. The summed E-state index contributed by atoms with van der Waals surface area (Å²) in [6.07, 6.45) is 1.79. The molecule has 0 aliphatic rings. The monoisotopic (exact) mass is 631 g/mol. The van der Waals surface area contributed by atoms with E-state index in [2.05, 4.69) is 5.32 Å². The molecule has 10 heteroatoms. The molecule has 7 nitrogen and oxygen atoms in total. The number of carbonyl (C=O) groups excluding carboxylic acids is 2. The number of anilines is 1. The average molecular weight is 633 g/mol. The molecule has 0 radical (unpaired) electrons. The van der Waals surface area contributed by atoms with E-state index in [0.29, 0.717) is 28.7 Å². The molecule has 3 aromatic carbocycles. The summed E-state index contributed by atoms with van der Waals surface area (Å²) < 4.78 is 26.7. The molecule has 0 saturated heterocycles. The number of amides is 2. The molecule has 0 saturated carbocycles. The minimum absolute atomic E-state index is 0.0436. The van der Waals surface area contributed by atoms with E-state index < -0.39 is 16.1 Å². The van der Waals surface area contributed by atoms with Gasteiger partial charge in [0.15, 0.2) is 0 Å². The van der Waals surface area contributed by atoms with Crippen molar-refractivity contribution in [2.45, 2.75) is 52.6 Å². The fourth-order valence-corrected chi connectivity index (χ4v) is 5.98. The van der Waals surface area contributed by atoms with Crippen LogP contribution in [0.4, 0.5) is 5.69 Å². The molecule has 42 heavy (non-hydrogen) atoms. The van der Waals surface area contributed by atoms with Crippen LogP contribution in [0, 0.1) is 12.8 Å². The van der Waals surface area contributed by atoms with E-state index in [-0.39, 0.29) is 43.7 Å². The third-order valence-corrected chi connectivity index (χ3v) is 8.75. The third-order valence-electron chi connectivity index (χ3n) is 6.83. The number of aryl methyl sites for hydroxylation is 1. The molecule has 3 aromatic rings. The first-order chi connectivity index (χ1) is 19.9. The Morgan fingerprint density at radius 3 is 2.19 bits per heavy atom. The summed E-state index contributed by atoms with van der Waals surface area (Å²) in [5.41, 5.74) is 3.04. The summed E-state index contributed by atoms with van der Waals surface area (Å²) in [4.78, 5) is 29.1. The number of hydrogen-bond acceptors (Lipinski definition) is 4. The van der Waals surface area contributed by atoms with Gasteiger partial charge in [0, 0.05) is 32.5 Å². The molecule has 0 aliphatic carbocycles. The maximum absolute atomic E-state index is 13.9. The highest BCUT2D eigenvalue weighted by Gasteiger charge is 2.31. The Morgan fingerprint density at radius 1 is 0.905 bits per heavy atom. The number of hydrogen-bond donors (Lipinski definition) is 1. The highest BCUT2D eigenvalue weighted by molar-refractivity contribution is 7.92. The van der Waals surface area contributed by atoms with Gasteiger partial charge in [-0.2, -0.15) is 0 Å². The number of sulfonamides is 1. The van der Waals surface area contributed by atoms with Crippen LogP contribution in [0.2, 0.25) is 10.0 Å². The summed E-state index contributed by atoms with van der Waals surface area (Å²) in [6, 6.07) is 21.1. The first kappa shape index (κ1) is 33.4. The van der Waals surface area contributed by atoms with Crippen molar-refractivity contribution in [3.8, 4) is 0 Å². The van der Waals surface area contributed by atoms with Gasteiger partial charge in [-0.05, 0) is 54.2 Å². The van der Waals surface area contributed by atoms with E-state index in [4.69, 9.17) is 23.2 Å². The highest BCUT2D eigenvalue weighted by Crippen LogP contribution is 2.26. The number of benzene rings is 3. The number of rotatable bonds is 14. The summed E-state index contributed by atoms with van der Waals surface area (Å²) >= 11 is 12.4. The quantitative estimate of drug-likeness (QED) is 0.227. The number of nitrogens with one attached hydrogen (secondary N) is 1. The Bertz CT molecular complexity index is 1470. The van der Waals surface area contributed by atoms with Gasteiger partial charge in [0.25, 0.3) is 0 Å². The van der Waals surface area contributed by atoms with Gasteiger partial charge in [0.2, 0.25) is 21.8 Å². The topological polar surface area (TPSA) is 86.8 Å². The second kappa shape index (κ2) is 15.4. The van der Waals surface area contributed by atoms with Gasteiger partial charge in [0.05, 0.1) is 22.0 Å². The zero-order chi connectivity index (χ0) is 30.9. The smallest absolute Gasteiger partial charge is 0.243 e. The van der Waals surface area contributed by atoms with E-state index in [9.17, 15) is 18.0 Å². The van der Waals surface area contributed by atoms with Crippen molar-refractivity contribution >= 4 is 50.7 Å². The van der Waals surface area contributed by atoms with Crippen LogP contribution in [0.3, 0.4) is 0 Å². The minimum atomic E-state index is -3.58. The Hall–Kier alpha value is -3.07. The molecule has 0 fully saturated rings. The first-order valence-electron chi connectivity index (χ1n) is 13.9. The molecule has 0 unspecified atom stereocenters. The van der Waals surface area contributed by atoms with Crippen molar-refractivity contribution in [1.29, 1.82) is 0 Å². The molecule has 2 amide bonds. The number of para-hydroxylation sites is 1. The predicted octanol–water partition coefficient (Wildman–Crippen LogP) is 6.26. The van der Waals surface area contributed by atoms with Crippen molar-refractivity contribution in [2.24, 2.45) is 5.92 Å². The highest BCUT2D eigenvalue weighted by atomic mass is 35.5. The summed E-state index contributed by atoms with van der Waals surface area (Å²) in [6.45, 7) is 6.59. The molecule has 3 rings (SSSR count). The van der Waals surface area contributed by atoms with E-state index in [1.165, 1.54) is 4.31 Å². The maximum Gasteiger partial charge on any atom is 0.243 e. The van der Waals surface area contributed by atoms with Crippen LogP contribution < -0.4 is 9.62 Å². The number of nitrogens with zero attached hydrogens (tertiary/aromatic N) is 2. The SMILES string of the molecule is Cc1ccccc1N(CCCC(=O)N(Cc1ccc(Cl)c(Cl)c1)[C@H](Cc1ccccc1)C(=O)NCC(C)C)S(C)(=O)=O. The Morgan fingerprint density at radius 2 is 1.57 bits per heavy atom. The van der Waals surface area contributed by atoms with E-state index in [0.717, 1.165) is 22.9 Å². The lowest BCUT2D eigenvalue weighted by atomic mass is 10.0. The van der Waals surface area contributed by atoms with Crippen molar-refractivity contribution in [3.63, 3.8) is 0 Å². The average Bonchev–Trinajstić information content (AvgIpc) is 2.94. The van der Waals surface area contributed by atoms with Gasteiger partial charge in [-0.3, -0.25) is 13.9 Å². The van der Waals surface area contributed by atoms with E-state index >= 15 is 0 Å². The molecule has 0 spiro atoms. The zero-order valence-electron chi connectivity index (χ0n) is 24.5. The molecular formula is C32H39Cl2N3O4S. The van der Waals surface area contributed by atoms with Crippen LogP contribution in [0.25, 0.3) is 0 Å². The number of halogens is 2. The van der Waals surface area contributed by atoms with E-state index in [1.807, 2.05) is 63.2 Å². The van der Waals surface area contributed by atoms with Gasteiger partial charge < -0.3 is 10.2 Å². The molecular weight excluding hydrogens is 593 g/mol. The second-order valence-corrected chi connectivity index (χ2v) is 13.6. The molecule has 226 valence electrons. The summed E-state index contributed by atoms with van der Waals surface area (Å²) in [5.74, 6) is -0.285. The van der Waals surface area contributed by atoms with Crippen molar-refractivity contribution in [2.75, 3.05) is 23.7 Å². The Balaban J connectivity index is 1.91. The van der Waals surface area contributed by atoms with Crippen LogP contribution >= 0.6 is 23.2 Å². The Labute approximate surface area is 259 Å². The van der Waals surface area contributed by atoms with Crippen molar-refractivity contribution in [1.82, 2.24) is 10.2 Å². The van der Waals surface area contributed by atoms with Gasteiger partial charge in [0.1, 0.15) is 6.04 Å².